The van der Waals surface area contributed by atoms with E-state index in [9.17, 15) is 22.0 Å². The number of nitrogens with one attached hydrogen (secondary N) is 3. The van der Waals surface area contributed by atoms with Gasteiger partial charge in [0.15, 0.2) is 5.82 Å². The molecule has 0 radical (unpaired) electrons. The van der Waals surface area contributed by atoms with E-state index >= 15 is 4.39 Å². The number of hydrogen-bond acceptors (Lipinski definition) is 8. The molecule has 0 saturated carbocycles. The Kier molecular flexibility index (Phi) is 9.28. The van der Waals surface area contributed by atoms with Crippen molar-refractivity contribution in [2.45, 2.75) is 30.6 Å². The number of anilines is 2. The summed E-state index contributed by atoms with van der Waals surface area (Å²) in [5, 5.41) is 6.63. The number of rotatable bonds is 10. The summed E-state index contributed by atoms with van der Waals surface area (Å²) in [6.07, 6.45) is 3.10. The molecule has 3 N–H and O–H groups in total. The molecule has 43 heavy (non-hydrogen) atoms. The van der Waals surface area contributed by atoms with Crippen molar-refractivity contribution in [1.29, 1.82) is 0 Å². The van der Waals surface area contributed by atoms with E-state index in [1.165, 1.54) is 36.5 Å². The Labute approximate surface area is 250 Å². The van der Waals surface area contributed by atoms with Crippen LogP contribution in [0.1, 0.15) is 30.7 Å². The number of amides is 1. The minimum Gasteiger partial charge on any atom is -0.381 e. The summed E-state index contributed by atoms with van der Waals surface area (Å²) >= 11 is 1.41. The van der Waals surface area contributed by atoms with Crippen LogP contribution in [0.4, 0.5) is 24.7 Å². The fourth-order valence-corrected chi connectivity index (χ4v) is 7.00. The highest BCUT2D eigenvalue weighted by Gasteiger charge is 2.27. The highest BCUT2D eigenvalue weighted by atomic mass is 32.2. The van der Waals surface area contributed by atoms with Gasteiger partial charge in [0, 0.05) is 50.9 Å². The predicted molar refractivity (Wildman–Crippen MR) is 158 cm³/mol. The number of sulfonamides is 1. The zero-order valence-corrected chi connectivity index (χ0v) is 24.6. The van der Waals surface area contributed by atoms with Gasteiger partial charge in [0.05, 0.1) is 21.3 Å². The van der Waals surface area contributed by atoms with Crippen LogP contribution in [0, 0.1) is 17.5 Å². The molecule has 0 unspecified atom stereocenters. The fourth-order valence-electron chi connectivity index (χ4n) is 4.61. The number of pyridine rings is 1. The average Bonchev–Trinajstić information content (AvgIpc) is 3.43. The van der Waals surface area contributed by atoms with E-state index in [1.807, 2.05) is 0 Å². The van der Waals surface area contributed by atoms with Gasteiger partial charge in [-0.2, -0.15) is 0 Å². The van der Waals surface area contributed by atoms with Crippen molar-refractivity contribution in [1.82, 2.24) is 15.3 Å². The molecule has 0 aliphatic carbocycles. The number of ether oxygens (including phenoxy) is 1. The van der Waals surface area contributed by atoms with Crippen LogP contribution in [-0.2, 0) is 19.6 Å². The number of thiazole rings is 1. The van der Waals surface area contributed by atoms with E-state index in [2.05, 4.69) is 20.3 Å². The monoisotopic (exact) mass is 631 g/mol. The maximum atomic E-state index is 16.1. The van der Waals surface area contributed by atoms with Gasteiger partial charge in [0.1, 0.15) is 22.3 Å². The maximum Gasteiger partial charge on any atom is 0.265 e. The van der Waals surface area contributed by atoms with E-state index in [-0.39, 0.29) is 17.4 Å². The molecule has 226 valence electrons. The first-order valence-corrected chi connectivity index (χ1v) is 15.7. The molecular weight excluding hydrogens is 603 g/mol. The van der Waals surface area contributed by atoms with Gasteiger partial charge >= 0.3 is 0 Å². The van der Waals surface area contributed by atoms with Gasteiger partial charge in [-0.05, 0) is 60.9 Å². The van der Waals surface area contributed by atoms with Crippen molar-refractivity contribution in [2.75, 3.05) is 36.3 Å². The summed E-state index contributed by atoms with van der Waals surface area (Å²) < 4.78 is 77.4. The number of hydrogen-bond donors (Lipinski definition) is 3. The van der Waals surface area contributed by atoms with Crippen LogP contribution < -0.4 is 15.4 Å². The van der Waals surface area contributed by atoms with Gasteiger partial charge in [0.2, 0.25) is 5.91 Å². The lowest BCUT2D eigenvalue weighted by atomic mass is 10.0. The molecule has 2 aromatic heterocycles. The third-order valence-corrected chi connectivity index (χ3v) is 9.37. The highest BCUT2D eigenvalue weighted by molar-refractivity contribution is 7.92. The van der Waals surface area contributed by atoms with Crippen molar-refractivity contribution < 1.29 is 31.1 Å². The molecule has 4 aromatic rings. The number of carbonyl (C=O) groups excluding carboxylic acids is 1. The first kappa shape index (κ1) is 30.4. The Morgan fingerprint density at radius 2 is 1.86 bits per heavy atom. The third-order valence-electron chi connectivity index (χ3n) is 6.72. The molecule has 2 aromatic carbocycles. The van der Waals surface area contributed by atoms with Crippen LogP contribution in [-0.4, -0.2) is 50.6 Å². The van der Waals surface area contributed by atoms with E-state index in [4.69, 9.17) is 9.72 Å². The van der Waals surface area contributed by atoms with E-state index in [1.54, 1.807) is 18.3 Å². The fraction of sp³-hybridized carbons (Fsp3) is 0.276. The lowest BCUT2D eigenvalue weighted by molar-refractivity contribution is -0.118. The van der Waals surface area contributed by atoms with Crippen LogP contribution in [0.5, 0.6) is 0 Å². The molecule has 9 nitrogen and oxygen atoms in total. The lowest BCUT2D eigenvalue weighted by Gasteiger charge is -2.19. The molecule has 5 rings (SSSR count). The molecule has 0 spiro atoms. The number of nitrogens with zero attached hydrogens (tertiary/aromatic N) is 2. The minimum atomic E-state index is -4.66. The summed E-state index contributed by atoms with van der Waals surface area (Å²) in [6.45, 7) is 3.42. The predicted octanol–water partition coefficient (Wildman–Crippen LogP) is 5.53. The van der Waals surface area contributed by atoms with Gasteiger partial charge in [0.25, 0.3) is 10.0 Å². The van der Waals surface area contributed by atoms with Gasteiger partial charge in [-0.25, -0.2) is 31.6 Å². The first-order chi connectivity index (χ1) is 20.6. The van der Waals surface area contributed by atoms with Crippen molar-refractivity contribution >= 4 is 38.8 Å². The second-order valence-electron chi connectivity index (χ2n) is 9.80. The van der Waals surface area contributed by atoms with Crippen molar-refractivity contribution in [2.24, 2.45) is 0 Å². The zero-order valence-electron chi connectivity index (χ0n) is 23.0. The maximum absolute atomic E-state index is 16.1. The smallest absolute Gasteiger partial charge is 0.265 e. The van der Waals surface area contributed by atoms with Crippen LogP contribution in [0.3, 0.4) is 0 Å². The van der Waals surface area contributed by atoms with Crippen LogP contribution in [0.25, 0.3) is 21.7 Å². The molecule has 3 heterocycles. The Bertz CT molecular complexity index is 1740. The zero-order chi connectivity index (χ0) is 30.6. The van der Waals surface area contributed by atoms with Crippen LogP contribution in [0.2, 0.25) is 0 Å². The topological polar surface area (TPSA) is 122 Å². The number of carbonyl (C=O) groups is 1. The average molecular weight is 632 g/mol. The number of benzene rings is 2. The van der Waals surface area contributed by atoms with Gasteiger partial charge < -0.3 is 15.4 Å². The molecule has 0 bridgehead atoms. The second-order valence-corrected chi connectivity index (χ2v) is 12.5. The van der Waals surface area contributed by atoms with Gasteiger partial charge in [-0.15, -0.1) is 11.3 Å². The largest absolute Gasteiger partial charge is 0.381 e. The molecule has 0 atom stereocenters. The van der Waals surface area contributed by atoms with Gasteiger partial charge in [-0.1, -0.05) is 6.07 Å². The van der Waals surface area contributed by atoms with Crippen LogP contribution >= 0.6 is 11.3 Å². The summed E-state index contributed by atoms with van der Waals surface area (Å²) in [7, 11) is -4.66. The number of halogens is 3. The third kappa shape index (κ3) is 7.14. The Hall–Kier alpha value is -4.01. The lowest BCUT2D eigenvalue weighted by Crippen LogP contribution is -2.26. The van der Waals surface area contributed by atoms with E-state index < -0.39 is 38.1 Å². The first-order valence-electron chi connectivity index (χ1n) is 13.4. The van der Waals surface area contributed by atoms with Crippen molar-refractivity contribution in [3.05, 3.63) is 77.2 Å². The number of aromatic nitrogens is 2. The standard InChI is InChI=1S/C29H28F3N5O4S2/c1-17(38)33-11-12-35-25-15-19(7-10-34-25)28-27(36-29(42-28)18-8-13-41-14-9-18)21-3-2-4-23(26(21)32)37-43(39,40)24-16-20(30)5-6-22(24)31/h2-7,10,15-16,18,37H,8-9,11-14H2,1H3,(H,33,38)(H,34,35). The highest BCUT2D eigenvalue weighted by Crippen LogP contribution is 2.43. The minimum absolute atomic E-state index is 0.0291. The molecule has 1 aliphatic rings. The SMILES string of the molecule is CC(=O)NCCNc1cc(-c2sc(C3CCOCC3)nc2-c2cccc(NS(=O)(=O)c3cc(F)ccc3F)c2F)ccn1. The van der Waals surface area contributed by atoms with E-state index in [0.29, 0.717) is 60.4 Å². The summed E-state index contributed by atoms with van der Waals surface area (Å²) in [5.74, 6) is -2.56. The van der Waals surface area contributed by atoms with Gasteiger partial charge in [-0.3, -0.25) is 9.52 Å². The van der Waals surface area contributed by atoms with Crippen LogP contribution in [0.15, 0.2) is 59.6 Å². The molecule has 1 fully saturated rings. The molecule has 1 aliphatic heterocycles. The molecular formula is C29H28F3N5O4S2. The summed E-state index contributed by atoms with van der Waals surface area (Å²) in [5.41, 5.74) is 0.594. The summed E-state index contributed by atoms with van der Waals surface area (Å²) in [6, 6.07) is 9.70. The second kappa shape index (κ2) is 13.1. The normalized spacial score (nSPS) is 14.0. The summed E-state index contributed by atoms with van der Waals surface area (Å²) in [4.78, 5) is 20.0. The molecule has 1 saturated heterocycles. The molecule has 14 heteroatoms. The van der Waals surface area contributed by atoms with Crippen molar-refractivity contribution in [3.63, 3.8) is 0 Å². The Morgan fingerprint density at radius 1 is 1.07 bits per heavy atom. The van der Waals surface area contributed by atoms with Crippen molar-refractivity contribution in [3.8, 4) is 21.7 Å². The molecule has 1 amide bonds. The quantitative estimate of drug-likeness (QED) is 0.197. The Balaban J connectivity index is 1.53. The Morgan fingerprint density at radius 3 is 2.63 bits per heavy atom. The van der Waals surface area contributed by atoms with E-state index in [0.717, 1.165) is 23.9 Å².